The number of fused-ring (bicyclic) bond motifs is 2. The lowest BCUT2D eigenvalue weighted by molar-refractivity contribution is -0.157. The van der Waals surface area contributed by atoms with E-state index in [9.17, 15) is 48.6 Å². The summed E-state index contributed by atoms with van der Waals surface area (Å²) < 4.78 is 5.80. The average molecular weight is 1280 g/mol. The van der Waals surface area contributed by atoms with Crippen LogP contribution in [0.2, 0.25) is 0 Å². The first-order valence-electron chi connectivity index (χ1n) is 31.7. The van der Waals surface area contributed by atoms with Gasteiger partial charge in [-0.25, -0.2) is 5.43 Å². The molecule has 20 heteroatoms. The van der Waals surface area contributed by atoms with Crippen molar-refractivity contribution in [1.29, 1.82) is 0 Å². The number of benzene rings is 4. The molecule has 2 aliphatic rings. The number of rotatable bonds is 25. The number of allylic oxidation sites excluding steroid dienone is 2. The van der Waals surface area contributed by atoms with Gasteiger partial charge in [0.1, 0.15) is 36.3 Å². The summed E-state index contributed by atoms with van der Waals surface area (Å²) in [6.45, 7) is 18.8. The molecule has 4 heterocycles. The Morgan fingerprint density at radius 1 is 0.628 bits per heavy atom. The molecule has 20 nitrogen and oxygen atoms in total. The van der Waals surface area contributed by atoms with Crippen LogP contribution in [0.25, 0.3) is 33.7 Å². The molecule has 0 unspecified atom stereocenters. The summed E-state index contributed by atoms with van der Waals surface area (Å²) in [7, 11) is 0. The molecule has 8 rings (SSSR count). The Hall–Kier alpha value is -9.66. The Balaban J connectivity index is 0.000000287. The summed E-state index contributed by atoms with van der Waals surface area (Å²) in [5, 5.41) is 35.2. The van der Waals surface area contributed by atoms with Gasteiger partial charge in [0.05, 0.1) is 23.4 Å². The number of esters is 1. The Labute approximate surface area is 552 Å². The van der Waals surface area contributed by atoms with Crippen LogP contribution in [0.5, 0.6) is 0 Å². The van der Waals surface area contributed by atoms with E-state index in [4.69, 9.17) is 4.74 Å². The fourth-order valence-electron chi connectivity index (χ4n) is 10.6. The molecule has 500 valence electrons. The molecule has 0 bridgehead atoms. The molecule has 0 spiro atoms. The van der Waals surface area contributed by atoms with E-state index in [-0.39, 0.29) is 50.4 Å². The first-order chi connectivity index (χ1) is 44.7. The third kappa shape index (κ3) is 23.5. The highest BCUT2D eigenvalue weighted by molar-refractivity contribution is 5.94. The summed E-state index contributed by atoms with van der Waals surface area (Å²) in [5.41, 5.74) is 8.45. The number of hydrazine groups is 1. The SMILES string of the molecule is C.C/C=C/CC(=O)N[C@@H](CCc1ccccc1)C(=O)N[C@@H](C)C(=O)N1CCC[C@@H](C(=O)O)C1.C=Cc1cc2cc([C@@H](C)O)ccc2cn1.C=Cc1cc2cc([C@@H](C)OC(=O)[C@@H]3CCCN(C(=O)[C@H](C)NC(=O)[C@H](CCc4ccccc4)NC(=O)C/C=C/C)N3)ccc2cn1. The standard InChI is InChI=1S/C36H43N5O5.C24H33N3O5.C13H13NO.CH4/c1-5-7-15-33(42)39-31(19-16-26-12-9-8-10-13-26)34(43)38-24(3)35(44)41-20-11-14-32(40-41)36(45)46-25(4)27-17-18-28-23-37-30(6-2)22-29(28)21-27;1-3-4-12-21(28)26-20(14-13-18-9-6-5-7-10-18)22(29)25-17(2)23(30)27-15-8-11-19(16-27)24(31)32;1-3-13-7-12-6-10(9(2)15)4-5-11(12)8-14-13;/h5-10,12-13,17-18,21-25,31-32,40H,2,11,14-16,19-20H2,1,3-4H3,(H,38,43)(H,39,42);3-7,9-10,17,19-20H,8,11-16H2,1-2H3,(H,25,29)(H,26,28)(H,31,32);3-9,15H,1H2,2H3;1H4/b7-5+;4-3+;;/t24-,25+,31-,32-;17-,19+,20-;9-;/m001./s1. The molecule has 2 aromatic heterocycles. The Morgan fingerprint density at radius 3 is 1.59 bits per heavy atom. The van der Waals surface area contributed by atoms with E-state index in [2.05, 4.69) is 49.8 Å². The van der Waals surface area contributed by atoms with Crippen LogP contribution < -0.4 is 26.7 Å². The number of aromatic nitrogens is 2. The zero-order valence-corrected chi connectivity index (χ0v) is 54.1. The van der Waals surface area contributed by atoms with Crippen molar-refractivity contribution in [1.82, 2.24) is 46.6 Å². The van der Waals surface area contributed by atoms with Crippen LogP contribution in [0.4, 0.5) is 0 Å². The predicted octanol–water partition coefficient (Wildman–Crippen LogP) is 10.0. The molecule has 8 atom stereocenters. The van der Waals surface area contributed by atoms with E-state index in [1.165, 1.54) is 9.91 Å². The van der Waals surface area contributed by atoms with Gasteiger partial charge < -0.3 is 41.1 Å². The lowest BCUT2D eigenvalue weighted by Crippen LogP contribution is -2.60. The number of ether oxygens (including phenoxy) is 1. The van der Waals surface area contributed by atoms with Crippen LogP contribution in [0.1, 0.15) is 146 Å². The van der Waals surface area contributed by atoms with E-state index in [0.717, 1.165) is 55.2 Å². The number of aliphatic carboxylic acids is 1. The number of amides is 6. The summed E-state index contributed by atoms with van der Waals surface area (Å²) in [5.74, 6) is -4.08. The summed E-state index contributed by atoms with van der Waals surface area (Å²) in [6.07, 6.45) is 17.5. The highest BCUT2D eigenvalue weighted by atomic mass is 16.5. The molecule has 6 amide bonds. The van der Waals surface area contributed by atoms with Gasteiger partial charge in [0, 0.05) is 55.6 Å². The summed E-state index contributed by atoms with van der Waals surface area (Å²) in [6, 6.07) is 30.9. The first kappa shape index (κ1) is 75.1. The van der Waals surface area contributed by atoms with Crippen LogP contribution >= 0.6 is 0 Å². The van der Waals surface area contributed by atoms with Crippen molar-refractivity contribution in [2.24, 2.45) is 5.92 Å². The highest BCUT2D eigenvalue weighted by Gasteiger charge is 2.35. The van der Waals surface area contributed by atoms with Crippen LogP contribution in [0, 0.1) is 5.92 Å². The third-order valence-electron chi connectivity index (χ3n) is 16.0. The molecule has 0 radical (unpaired) electrons. The fraction of sp³-hybridized carbons (Fsp3) is 0.378. The topological polar surface area (TPSA) is 279 Å². The number of nitrogens with zero attached hydrogens (tertiary/aromatic N) is 4. The van der Waals surface area contributed by atoms with E-state index >= 15 is 0 Å². The minimum atomic E-state index is -0.913. The number of carboxylic acid groups (broad SMARTS) is 1. The van der Waals surface area contributed by atoms with Gasteiger partial charge in [0.25, 0.3) is 5.91 Å². The van der Waals surface area contributed by atoms with E-state index in [1.54, 1.807) is 63.4 Å². The molecule has 2 aliphatic heterocycles. The number of carbonyl (C=O) groups is 8. The molecular weight excluding hydrogens is 1190 g/mol. The smallest absolute Gasteiger partial charge is 0.325 e. The third-order valence-corrected chi connectivity index (χ3v) is 16.0. The minimum absolute atomic E-state index is 0. The van der Waals surface area contributed by atoms with Gasteiger partial charge in [0.2, 0.25) is 29.5 Å². The normalized spacial score (nSPS) is 16.4. The number of carbonyl (C=O) groups excluding carboxylic acids is 7. The van der Waals surface area contributed by atoms with Gasteiger partial charge in [-0.15, -0.1) is 0 Å². The molecular formula is C74H93N9O11. The molecule has 6 aromatic rings. The monoisotopic (exact) mass is 1280 g/mol. The molecule has 0 saturated carbocycles. The Kier molecular flexibility index (Phi) is 30.6. The quantitative estimate of drug-likeness (QED) is 0.0208. The summed E-state index contributed by atoms with van der Waals surface area (Å²) in [4.78, 5) is 112. The molecule has 0 aliphatic carbocycles. The van der Waals surface area contributed by atoms with Crippen LogP contribution in [-0.2, 0) is 55.9 Å². The number of carboxylic acids is 1. The Morgan fingerprint density at radius 2 is 1.11 bits per heavy atom. The van der Waals surface area contributed by atoms with E-state index in [1.807, 2.05) is 136 Å². The first-order valence-corrected chi connectivity index (χ1v) is 31.7. The number of likely N-dealkylation sites (tertiary alicyclic amines) is 1. The van der Waals surface area contributed by atoms with Crippen LogP contribution in [-0.4, -0.2) is 127 Å². The predicted molar refractivity (Wildman–Crippen MR) is 368 cm³/mol. The molecule has 7 N–H and O–H groups in total. The van der Waals surface area contributed by atoms with Gasteiger partial charge >= 0.3 is 11.9 Å². The van der Waals surface area contributed by atoms with Crippen molar-refractivity contribution in [3.05, 3.63) is 193 Å². The number of nitrogens with one attached hydrogen (secondary N) is 5. The highest BCUT2D eigenvalue weighted by Crippen LogP contribution is 2.26. The number of aryl methyl sites for hydroxylation is 2. The van der Waals surface area contributed by atoms with Gasteiger partial charge in [-0.1, -0.05) is 130 Å². The van der Waals surface area contributed by atoms with Gasteiger partial charge in [-0.05, 0) is 162 Å². The van der Waals surface area contributed by atoms with Crippen molar-refractivity contribution in [2.75, 3.05) is 19.6 Å². The maximum atomic E-state index is 13.4. The van der Waals surface area contributed by atoms with Crippen LogP contribution in [0.3, 0.4) is 0 Å². The number of aliphatic hydroxyl groups is 1. The van der Waals surface area contributed by atoms with Crippen molar-refractivity contribution < 1.29 is 53.3 Å². The second-order valence-electron chi connectivity index (χ2n) is 23.2. The molecule has 2 saturated heterocycles. The number of piperidine rings is 1. The van der Waals surface area contributed by atoms with Gasteiger partial charge in [-0.2, -0.15) is 0 Å². The summed E-state index contributed by atoms with van der Waals surface area (Å²) >= 11 is 0. The number of pyridine rings is 2. The van der Waals surface area contributed by atoms with Crippen molar-refractivity contribution in [2.45, 2.75) is 156 Å². The van der Waals surface area contributed by atoms with Crippen molar-refractivity contribution in [3.63, 3.8) is 0 Å². The largest absolute Gasteiger partial charge is 0.481 e. The zero-order valence-electron chi connectivity index (χ0n) is 54.1. The number of hydrogen-bond donors (Lipinski definition) is 7. The van der Waals surface area contributed by atoms with E-state index in [0.29, 0.717) is 64.5 Å². The zero-order chi connectivity index (χ0) is 67.4. The minimum Gasteiger partial charge on any atom is -0.481 e. The number of hydrogen-bond acceptors (Lipinski definition) is 13. The van der Waals surface area contributed by atoms with E-state index < -0.39 is 72.1 Å². The van der Waals surface area contributed by atoms with Crippen molar-refractivity contribution >= 4 is 81.1 Å². The second kappa shape index (κ2) is 38.4. The number of aliphatic hydroxyl groups excluding tert-OH is 1. The van der Waals surface area contributed by atoms with Crippen molar-refractivity contribution in [3.8, 4) is 0 Å². The van der Waals surface area contributed by atoms with Gasteiger partial charge in [-0.3, -0.25) is 53.3 Å². The Bertz CT molecular complexity index is 3600. The maximum Gasteiger partial charge on any atom is 0.325 e. The lowest BCUT2D eigenvalue weighted by Gasteiger charge is -2.35. The molecule has 94 heavy (non-hydrogen) atoms. The average Bonchev–Trinajstić information content (AvgIpc) is 0.862. The fourth-order valence-corrected chi connectivity index (χ4v) is 10.6. The van der Waals surface area contributed by atoms with Crippen LogP contribution in [0.15, 0.2) is 159 Å². The van der Waals surface area contributed by atoms with Gasteiger partial charge in [0.15, 0.2) is 0 Å². The molecule has 2 fully saturated rings. The maximum absolute atomic E-state index is 13.4. The second-order valence-corrected chi connectivity index (χ2v) is 23.2. The lowest BCUT2D eigenvalue weighted by atomic mass is 9.97. The molecule has 4 aromatic carbocycles.